The lowest BCUT2D eigenvalue weighted by molar-refractivity contribution is 0.0951. The predicted octanol–water partition coefficient (Wildman–Crippen LogP) is 1.49. The van der Waals surface area contributed by atoms with Crippen molar-refractivity contribution in [1.82, 2.24) is 25.1 Å². The van der Waals surface area contributed by atoms with Crippen molar-refractivity contribution in [2.45, 2.75) is 13.1 Å². The van der Waals surface area contributed by atoms with Crippen molar-refractivity contribution >= 4 is 11.7 Å². The molecule has 4 rings (SSSR count). The molecule has 0 bridgehead atoms. The van der Waals surface area contributed by atoms with Crippen LogP contribution in [-0.2, 0) is 17.8 Å². The quantitative estimate of drug-likeness (QED) is 0.700. The van der Waals surface area contributed by atoms with Crippen LogP contribution in [0.4, 0.5) is 5.82 Å². The van der Waals surface area contributed by atoms with E-state index in [-0.39, 0.29) is 5.91 Å². The maximum Gasteiger partial charge on any atom is 0.251 e. The summed E-state index contributed by atoms with van der Waals surface area (Å²) in [5.41, 5.74) is 2.65. The molecule has 0 radical (unpaired) electrons. The first-order valence-electron chi connectivity index (χ1n) is 9.25. The molecular weight excluding hydrogens is 356 g/mol. The first-order valence-corrected chi connectivity index (χ1v) is 9.25. The van der Waals surface area contributed by atoms with Crippen molar-refractivity contribution in [1.29, 1.82) is 0 Å². The highest BCUT2D eigenvalue weighted by molar-refractivity contribution is 5.94. The normalized spacial score (nSPS) is 14.1. The third kappa shape index (κ3) is 4.52. The van der Waals surface area contributed by atoms with Gasteiger partial charge in [-0.25, -0.2) is 14.6 Å². The Hall–Kier alpha value is -3.26. The van der Waals surface area contributed by atoms with Gasteiger partial charge in [0.25, 0.3) is 5.91 Å². The van der Waals surface area contributed by atoms with Crippen LogP contribution in [0.25, 0.3) is 0 Å². The molecule has 3 heterocycles. The summed E-state index contributed by atoms with van der Waals surface area (Å²) in [6.07, 6.45) is 4.98. The third-order valence-electron chi connectivity index (χ3n) is 4.62. The van der Waals surface area contributed by atoms with Gasteiger partial charge >= 0.3 is 0 Å². The molecule has 0 aliphatic carbocycles. The summed E-state index contributed by atoms with van der Waals surface area (Å²) in [4.78, 5) is 23.0. The van der Waals surface area contributed by atoms with E-state index in [9.17, 15) is 4.79 Å². The van der Waals surface area contributed by atoms with E-state index in [1.807, 2.05) is 42.6 Å². The van der Waals surface area contributed by atoms with E-state index in [0.29, 0.717) is 18.7 Å². The Morgan fingerprint density at radius 2 is 1.86 bits per heavy atom. The average molecular weight is 378 g/mol. The molecule has 1 aromatic carbocycles. The van der Waals surface area contributed by atoms with E-state index in [1.165, 1.54) is 6.33 Å². The summed E-state index contributed by atoms with van der Waals surface area (Å²) in [6.45, 7) is 4.25. The number of benzene rings is 1. The predicted molar refractivity (Wildman–Crippen MR) is 104 cm³/mol. The fraction of sp³-hybridized carbons (Fsp3) is 0.300. The molecule has 1 aliphatic rings. The molecule has 1 aliphatic heterocycles. The molecule has 3 aromatic rings. The van der Waals surface area contributed by atoms with Gasteiger partial charge in [0.2, 0.25) is 0 Å². The van der Waals surface area contributed by atoms with Crippen molar-refractivity contribution in [3.8, 4) is 0 Å². The number of hydrogen-bond acceptors (Lipinski definition) is 6. The average Bonchev–Trinajstić information content (AvgIpc) is 3.27. The van der Waals surface area contributed by atoms with Crippen molar-refractivity contribution in [2.75, 3.05) is 31.2 Å². The Balaban J connectivity index is 1.30. The van der Waals surface area contributed by atoms with Crippen LogP contribution in [0.5, 0.6) is 0 Å². The van der Waals surface area contributed by atoms with Gasteiger partial charge in [-0.3, -0.25) is 4.79 Å². The van der Waals surface area contributed by atoms with Crippen LogP contribution < -0.4 is 10.2 Å². The van der Waals surface area contributed by atoms with Crippen LogP contribution in [0.3, 0.4) is 0 Å². The van der Waals surface area contributed by atoms with E-state index >= 15 is 0 Å². The third-order valence-corrected chi connectivity index (χ3v) is 4.62. The molecule has 1 N–H and O–H groups in total. The van der Waals surface area contributed by atoms with E-state index in [2.05, 4.69) is 25.3 Å². The molecular formula is C20H22N6O2. The molecule has 144 valence electrons. The zero-order valence-electron chi connectivity index (χ0n) is 15.5. The molecule has 8 nitrogen and oxygen atoms in total. The lowest BCUT2D eigenvalue weighted by Crippen LogP contribution is -2.36. The number of nitrogens with zero attached hydrogens (tertiary/aromatic N) is 5. The fourth-order valence-electron chi connectivity index (χ4n) is 3.05. The van der Waals surface area contributed by atoms with Crippen molar-refractivity contribution in [3.63, 3.8) is 0 Å². The van der Waals surface area contributed by atoms with Crippen LogP contribution in [0.15, 0.2) is 55.2 Å². The van der Waals surface area contributed by atoms with Gasteiger partial charge in [-0.1, -0.05) is 18.2 Å². The molecule has 1 fully saturated rings. The highest BCUT2D eigenvalue weighted by Gasteiger charge is 2.12. The maximum absolute atomic E-state index is 12.4. The van der Waals surface area contributed by atoms with Gasteiger partial charge in [0.05, 0.1) is 19.8 Å². The number of carbonyl (C=O) groups is 1. The standard InChI is InChI=1S/C20H22N6O2/c27-20(18-4-1-16(2-5-18)13-26-15-21-14-24-26)23-12-17-3-6-19(22-11-17)25-7-9-28-10-8-25/h1-6,11,14-15H,7-10,12-13H2,(H,23,27). The Labute approximate surface area is 163 Å². The number of morpholine rings is 1. The first-order chi connectivity index (χ1) is 13.8. The number of pyridine rings is 1. The number of ether oxygens (including phenoxy) is 1. The number of rotatable bonds is 6. The molecule has 1 amide bonds. The largest absolute Gasteiger partial charge is 0.378 e. The molecule has 2 aromatic heterocycles. The van der Waals surface area contributed by atoms with Gasteiger partial charge in [-0.2, -0.15) is 5.10 Å². The van der Waals surface area contributed by atoms with Crippen LogP contribution in [0, 0.1) is 0 Å². The second kappa shape index (κ2) is 8.62. The number of hydrogen-bond donors (Lipinski definition) is 1. The van der Waals surface area contributed by atoms with Gasteiger partial charge in [0.15, 0.2) is 0 Å². The van der Waals surface area contributed by atoms with E-state index < -0.39 is 0 Å². The Morgan fingerprint density at radius 1 is 1.07 bits per heavy atom. The molecule has 0 spiro atoms. The highest BCUT2D eigenvalue weighted by atomic mass is 16.5. The summed E-state index contributed by atoms with van der Waals surface area (Å²) in [5.74, 6) is 0.839. The zero-order chi connectivity index (χ0) is 19.2. The molecule has 28 heavy (non-hydrogen) atoms. The zero-order valence-corrected chi connectivity index (χ0v) is 15.5. The molecule has 0 atom stereocenters. The van der Waals surface area contributed by atoms with Gasteiger partial charge in [0, 0.05) is 31.4 Å². The molecule has 0 unspecified atom stereocenters. The number of aromatic nitrogens is 4. The van der Waals surface area contributed by atoms with Gasteiger partial charge < -0.3 is 15.0 Å². The Kier molecular flexibility index (Phi) is 5.58. The smallest absolute Gasteiger partial charge is 0.251 e. The Bertz CT molecular complexity index is 887. The van der Waals surface area contributed by atoms with Crippen molar-refractivity contribution in [3.05, 3.63) is 71.9 Å². The second-order valence-corrected chi connectivity index (χ2v) is 6.60. The fourth-order valence-corrected chi connectivity index (χ4v) is 3.05. The summed E-state index contributed by atoms with van der Waals surface area (Å²) < 4.78 is 7.10. The van der Waals surface area contributed by atoms with Crippen molar-refractivity contribution in [2.24, 2.45) is 0 Å². The van der Waals surface area contributed by atoms with E-state index in [0.717, 1.165) is 43.2 Å². The lowest BCUT2D eigenvalue weighted by Gasteiger charge is -2.27. The van der Waals surface area contributed by atoms with Gasteiger partial charge in [-0.15, -0.1) is 0 Å². The Morgan fingerprint density at radius 3 is 2.54 bits per heavy atom. The van der Waals surface area contributed by atoms with E-state index in [1.54, 1.807) is 11.0 Å². The van der Waals surface area contributed by atoms with Crippen LogP contribution >= 0.6 is 0 Å². The van der Waals surface area contributed by atoms with Crippen molar-refractivity contribution < 1.29 is 9.53 Å². The minimum absolute atomic E-state index is 0.107. The van der Waals surface area contributed by atoms with Crippen LogP contribution in [0.2, 0.25) is 0 Å². The molecule has 0 saturated carbocycles. The summed E-state index contributed by atoms with van der Waals surface area (Å²) in [5, 5.41) is 7.02. The number of amides is 1. The SMILES string of the molecule is O=C(NCc1ccc(N2CCOCC2)nc1)c1ccc(Cn2cncn2)cc1. The molecule has 8 heteroatoms. The summed E-state index contributed by atoms with van der Waals surface area (Å²) in [7, 11) is 0. The maximum atomic E-state index is 12.4. The lowest BCUT2D eigenvalue weighted by atomic mass is 10.1. The minimum atomic E-state index is -0.107. The van der Waals surface area contributed by atoms with E-state index in [4.69, 9.17) is 4.74 Å². The monoisotopic (exact) mass is 378 g/mol. The van der Waals surface area contributed by atoms with Gasteiger partial charge in [-0.05, 0) is 29.3 Å². The second-order valence-electron chi connectivity index (χ2n) is 6.60. The summed E-state index contributed by atoms with van der Waals surface area (Å²) >= 11 is 0. The number of anilines is 1. The van der Waals surface area contributed by atoms with Crippen LogP contribution in [0.1, 0.15) is 21.5 Å². The number of carbonyl (C=O) groups excluding carboxylic acids is 1. The topological polar surface area (TPSA) is 85.2 Å². The number of nitrogens with one attached hydrogen (secondary N) is 1. The molecule has 1 saturated heterocycles. The first kappa shape index (κ1) is 18.1. The van der Waals surface area contributed by atoms with Crippen LogP contribution in [-0.4, -0.2) is 52.0 Å². The van der Waals surface area contributed by atoms with Gasteiger partial charge in [0.1, 0.15) is 18.5 Å². The highest BCUT2D eigenvalue weighted by Crippen LogP contribution is 2.13. The summed E-state index contributed by atoms with van der Waals surface area (Å²) in [6, 6.07) is 11.5. The minimum Gasteiger partial charge on any atom is -0.378 e.